The lowest BCUT2D eigenvalue weighted by molar-refractivity contribution is 0.954. The molecule has 262 valence electrons. The van der Waals surface area contributed by atoms with Crippen LogP contribution >= 0.6 is 0 Å². The van der Waals surface area contributed by atoms with E-state index in [9.17, 15) is 0 Å². The largest absolute Gasteiger partial charge is 0.309 e. The number of hydrogen-bond donors (Lipinski definition) is 0. The van der Waals surface area contributed by atoms with Crippen molar-refractivity contribution < 1.29 is 0 Å². The maximum absolute atomic E-state index is 5.35. The van der Waals surface area contributed by atoms with Gasteiger partial charge in [0.25, 0.3) is 0 Å². The fourth-order valence-electron chi connectivity index (χ4n) is 8.42. The van der Waals surface area contributed by atoms with Crippen molar-refractivity contribution in [3.8, 4) is 56.7 Å². The van der Waals surface area contributed by atoms with Crippen molar-refractivity contribution in [2.75, 3.05) is 0 Å². The fourth-order valence-corrected chi connectivity index (χ4v) is 8.42. The zero-order valence-corrected chi connectivity index (χ0v) is 30.3. The number of fused-ring (bicyclic) bond motifs is 6. The third-order valence-corrected chi connectivity index (χ3v) is 10.7. The maximum Gasteiger partial charge on any atom is 0.238 e. The molecule has 0 atom stereocenters. The van der Waals surface area contributed by atoms with Crippen LogP contribution in [-0.4, -0.2) is 24.1 Å². The Balaban J connectivity index is 1.42. The highest BCUT2D eigenvalue weighted by molar-refractivity contribution is 6.33. The molecule has 0 bridgehead atoms. The van der Waals surface area contributed by atoms with Crippen LogP contribution in [0.4, 0.5) is 0 Å². The van der Waals surface area contributed by atoms with Gasteiger partial charge in [-0.15, -0.1) is 0 Å². The Kier molecular flexibility index (Phi) is 7.42. The molecule has 0 saturated carbocycles. The average Bonchev–Trinajstić information content (AvgIpc) is 3.80. The van der Waals surface area contributed by atoms with Crippen LogP contribution in [0.2, 0.25) is 0 Å². The van der Waals surface area contributed by atoms with Crippen molar-refractivity contribution in [2.24, 2.45) is 0 Å². The summed E-state index contributed by atoms with van der Waals surface area (Å²) >= 11 is 0. The van der Waals surface area contributed by atoms with Crippen LogP contribution in [0.15, 0.2) is 200 Å². The average molecular weight is 716 g/mol. The molecule has 0 aliphatic heterocycles. The van der Waals surface area contributed by atoms with Crippen molar-refractivity contribution in [3.63, 3.8) is 0 Å². The third kappa shape index (κ3) is 4.99. The summed E-state index contributed by atoms with van der Waals surface area (Å²) in [5.74, 6) is 1.79. The number of rotatable bonds is 6. The maximum atomic E-state index is 5.35. The van der Waals surface area contributed by atoms with E-state index in [1.54, 1.807) is 0 Å². The molecule has 0 aliphatic rings. The van der Waals surface area contributed by atoms with Gasteiger partial charge in [-0.3, -0.25) is 4.57 Å². The standard InChI is InChI=1S/C51H33N5/c1-6-20-34(21-7-1)43-45-39-30-16-18-32-41(39)55(38-28-14-5-15-29-38)47(45)44(35-22-8-2-9-23-35)48-46(43)40-31-17-19-33-42(40)56(48)51-53-49(36-24-10-3-11-25-36)52-50(54-51)37-26-12-4-13-27-37/h1-33H. The first-order chi connectivity index (χ1) is 27.8. The summed E-state index contributed by atoms with van der Waals surface area (Å²) in [5, 5.41) is 4.67. The van der Waals surface area contributed by atoms with Crippen molar-refractivity contribution in [1.82, 2.24) is 24.1 Å². The zero-order valence-electron chi connectivity index (χ0n) is 30.3. The minimum absolute atomic E-state index is 0.557. The molecular weight excluding hydrogens is 683 g/mol. The number of benzene rings is 8. The van der Waals surface area contributed by atoms with E-state index in [-0.39, 0.29) is 0 Å². The molecular formula is C51H33N5. The Morgan fingerprint density at radius 1 is 0.304 bits per heavy atom. The van der Waals surface area contributed by atoms with E-state index in [1.807, 2.05) is 36.4 Å². The van der Waals surface area contributed by atoms with Crippen molar-refractivity contribution in [3.05, 3.63) is 200 Å². The monoisotopic (exact) mass is 715 g/mol. The predicted molar refractivity (Wildman–Crippen MR) is 230 cm³/mol. The third-order valence-electron chi connectivity index (χ3n) is 10.7. The second kappa shape index (κ2) is 13.0. The van der Waals surface area contributed by atoms with Gasteiger partial charge in [0.15, 0.2) is 11.6 Å². The summed E-state index contributed by atoms with van der Waals surface area (Å²) in [6.45, 7) is 0. The van der Waals surface area contributed by atoms with E-state index in [1.165, 1.54) is 16.3 Å². The Bertz CT molecular complexity index is 3150. The van der Waals surface area contributed by atoms with Gasteiger partial charge in [-0.25, -0.2) is 4.98 Å². The molecule has 3 aromatic heterocycles. The van der Waals surface area contributed by atoms with Crippen LogP contribution in [0.1, 0.15) is 0 Å². The molecule has 0 amide bonds. The van der Waals surface area contributed by atoms with Crippen molar-refractivity contribution in [1.29, 1.82) is 0 Å². The summed E-state index contributed by atoms with van der Waals surface area (Å²) in [4.78, 5) is 15.8. The van der Waals surface area contributed by atoms with Crippen LogP contribution in [0.3, 0.4) is 0 Å². The molecule has 5 nitrogen and oxygen atoms in total. The molecule has 3 heterocycles. The lowest BCUT2D eigenvalue weighted by Crippen LogP contribution is -2.07. The van der Waals surface area contributed by atoms with E-state index in [0.29, 0.717) is 17.6 Å². The highest BCUT2D eigenvalue weighted by Crippen LogP contribution is 2.51. The first-order valence-electron chi connectivity index (χ1n) is 18.9. The van der Waals surface area contributed by atoms with E-state index in [4.69, 9.17) is 15.0 Å². The molecule has 5 heteroatoms. The Hall–Kier alpha value is -7.63. The van der Waals surface area contributed by atoms with Crippen LogP contribution in [0.25, 0.3) is 100 Å². The smallest absolute Gasteiger partial charge is 0.238 e. The lowest BCUT2D eigenvalue weighted by Gasteiger charge is -2.18. The number of nitrogens with zero attached hydrogens (tertiary/aromatic N) is 5. The van der Waals surface area contributed by atoms with E-state index < -0.39 is 0 Å². The Morgan fingerprint density at radius 2 is 0.679 bits per heavy atom. The normalized spacial score (nSPS) is 11.6. The van der Waals surface area contributed by atoms with Crippen LogP contribution < -0.4 is 0 Å². The minimum Gasteiger partial charge on any atom is -0.309 e. The first-order valence-corrected chi connectivity index (χ1v) is 18.9. The van der Waals surface area contributed by atoms with E-state index in [2.05, 4.69) is 173 Å². The molecule has 0 saturated heterocycles. The topological polar surface area (TPSA) is 48.5 Å². The molecule has 0 aliphatic carbocycles. The van der Waals surface area contributed by atoms with Gasteiger partial charge < -0.3 is 4.57 Å². The molecule has 56 heavy (non-hydrogen) atoms. The van der Waals surface area contributed by atoms with Gasteiger partial charge in [0.1, 0.15) is 0 Å². The van der Waals surface area contributed by atoms with Crippen LogP contribution in [0, 0.1) is 0 Å². The predicted octanol–water partition coefficient (Wildman–Crippen LogP) is 12.7. The molecule has 0 spiro atoms. The fraction of sp³-hybridized carbons (Fsp3) is 0. The van der Waals surface area contributed by atoms with Gasteiger partial charge >= 0.3 is 0 Å². The molecule has 0 fully saturated rings. The van der Waals surface area contributed by atoms with Gasteiger partial charge in [0, 0.05) is 49.5 Å². The van der Waals surface area contributed by atoms with Crippen molar-refractivity contribution >= 4 is 43.6 Å². The SMILES string of the molecule is c1ccc(-c2nc(-c3ccccc3)nc(-n3c4ccccc4c4c(-c5ccccc5)c5c6ccccc6n(-c6ccccc6)c5c(-c5ccccc5)c43)n2)cc1. The highest BCUT2D eigenvalue weighted by Gasteiger charge is 2.29. The number of hydrogen-bond acceptors (Lipinski definition) is 3. The van der Waals surface area contributed by atoms with Gasteiger partial charge in [-0.05, 0) is 35.4 Å². The quantitative estimate of drug-likeness (QED) is 0.172. The molecule has 8 aromatic carbocycles. The second-order valence-corrected chi connectivity index (χ2v) is 14.0. The lowest BCUT2D eigenvalue weighted by atomic mass is 9.89. The second-order valence-electron chi connectivity index (χ2n) is 14.0. The zero-order chi connectivity index (χ0) is 37.0. The highest BCUT2D eigenvalue weighted by atomic mass is 15.2. The molecule has 0 radical (unpaired) electrons. The molecule has 0 N–H and O–H groups in total. The summed E-state index contributed by atoms with van der Waals surface area (Å²) in [5.41, 5.74) is 11.8. The van der Waals surface area contributed by atoms with Gasteiger partial charge in [-0.2, -0.15) is 9.97 Å². The molecule has 0 unspecified atom stereocenters. The summed E-state index contributed by atoms with van der Waals surface area (Å²) < 4.78 is 4.73. The summed E-state index contributed by atoms with van der Waals surface area (Å²) in [6.07, 6.45) is 0. The van der Waals surface area contributed by atoms with Gasteiger partial charge in [0.05, 0.1) is 22.1 Å². The van der Waals surface area contributed by atoms with Crippen molar-refractivity contribution in [2.45, 2.75) is 0 Å². The Morgan fingerprint density at radius 3 is 1.18 bits per heavy atom. The van der Waals surface area contributed by atoms with Gasteiger partial charge in [-0.1, -0.05) is 176 Å². The number of aromatic nitrogens is 5. The van der Waals surface area contributed by atoms with E-state index in [0.717, 1.165) is 66.3 Å². The van der Waals surface area contributed by atoms with Gasteiger partial charge in [0.2, 0.25) is 5.95 Å². The summed E-state index contributed by atoms with van der Waals surface area (Å²) in [6, 6.07) is 70.2. The minimum atomic E-state index is 0.557. The van der Waals surface area contributed by atoms with Crippen LogP contribution in [0.5, 0.6) is 0 Å². The molecule has 11 aromatic rings. The first kappa shape index (κ1) is 31.9. The van der Waals surface area contributed by atoms with E-state index >= 15 is 0 Å². The Labute approximate surface area is 323 Å². The molecule has 11 rings (SSSR count). The number of para-hydroxylation sites is 3. The van der Waals surface area contributed by atoms with Crippen LogP contribution in [-0.2, 0) is 0 Å². The summed E-state index contributed by atoms with van der Waals surface area (Å²) in [7, 11) is 0.